The van der Waals surface area contributed by atoms with Crippen molar-refractivity contribution in [2.45, 2.75) is 19.3 Å². The summed E-state index contributed by atoms with van der Waals surface area (Å²) in [6, 6.07) is 1.99. The predicted octanol–water partition coefficient (Wildman–Crippen LogP) is 0.961. The van der Waals surface area contributed by atoms with E-state index in [2.05, 4.69) is 10.4 Å². The number of nitrogens with one attached hydrogen (secondary N) is 1. The van der Waals surface area contributed by atoms with Crippen LogP contribution in [0, 0.1) is 5.41 Å². The van der Waals surface area contributed by atoms with Gasteiger partial charge in [-0.3, -0.25) is 4.68 Å². The summed E-state index contributed by atoms with van der Waals surface area (Å²) in [7, 11) is 1.92. The lowest BCUT2D eigenvalue weighted by atomic mass is 9.69. The van der Waals surface area contributed by atoms with Crippen LogP contribution in [0.5, 0.6) is 0 Å². The lowest BCUT2D eigenvalue weighted by molar-refractivity contribution is 0.163. The molecule has 0 saturated heterocycles. The molecule has 1 aromatic heterocycles. The molecule has 0 unspecified atom stereocenters. The number of rotatable bonds is 4. The molecule has 0 aliphatic heterocycles. The number of nitrogens with zero attached hydrogens (tertiary/aromatic N) is 2. The average molecular weight is 194 g/mol. The van der Waals surface area contributed by atoms with Crippen LogP contribution in [0.4, 0.5) is 5.82 Å². The van der Waals surface area contributed by atoms with Crippen LogP contribution in [0.3, 0.4) is 0 Å². The Morgan fingerprint density at radius 3 is 2.86 bits per heavy atom. The second kappa shape index (κ2) is 3.61. The van der Waals surface area contributed by atoms with E-state index in [1.54, 1.807) is 4.68 Å². The summed E-state index contributed by atoms with van der Waals surface area (Å²) < 4.78 is 1.80. The smallest absolute Gasteiger partial charge is 0.147 e. The van der Waals surface area contributed by atoms with Crippen molar-refractivity contribution in [3.8, 4) is 0 Å². The van der Waals surface area contributed by atoms with Gasteiger partial charge in [-0.2, -0.15) is 5.10 Å². The molecule has 0 amide bonds. The van der Waals surface area contributed by atoms with Gasteiger partial charge in [0.05, 0.1) is 0 Å². The van der Waals surface area contributed by atoms with Crippen LogP contribution in [0.25, 0.3) is 0 Å². The van der Waals surface area contributed by atoms with Gasteiger partial charge in [-0.15, -0.1) is 0 Å². The molecule has 1 aliphatic carbocycles. The fourth-order valence-corrected chi connectivity index (χ4v) is 1.92. The van der Waals surface area contributed by atoms with E-state index in [1.165, 1.54) is 19.3 Å². The van der Waals surface area contributed by atoms with Crippen molar-refractivity contribution in [3.05, 3.63) is 12.3 Å². The van der Waals surface area contributed by atoms with Gasteiger partial charge >= 0.3 is 0 Å². The van der Waals surface area contributed by atoms with Crippen molar-refractivity contribution in [2.24, 2.45) is 18.2 Å². The van der Waals surface area contributed by atoms with E-state index in [-0.39, 0.29) is 0 Å². The Kier molecular flexibility index (Phi) is 2.46. The van der Waals surface area contributed by atoms with Crippen LogP contribution < -0.4 is 11.1 Å². The minimum absolute atomic E-state index is 0.345. The Balaban J connectivity index is 1.87. The van der Waals surface area contributed by atoms with Gasteiger partial charge in [0.25, 0.3) is 0 Å². The van der Waals surface area contributed by atoms with E-state index in [4.69, 9.17) is 5.73 Å². The summed E-state index contributed by atoms with van der Waals surface area (Å²) in [6.45, 7) is 1.74. The molecule has 14 heavy (non-hydrogen) atoms. The van der Waals surface area contributed by atoms with Gasteiger partial charge in [-0.05, 0) is 24.8 Å². The molecule has 0 radical (unpaired) electrons. The molecule has 0 bridgehead atoms. The van der Waals surface area contributed by atoms with Gasteiger partial charge in [-0.1, -0.05) is 6.42 Å². The van der Waals surface area contributed by atoms with Gasteiger partial charge in [0.1, 0.15) is 5.82 Å². The maximum absolute atomic E-state index is 5.77. The lowest BCUT2D eigenvalue weighted by Crippen LogP contribution is -2.43. The Morgan fingerprint density at radius 1 is 1.64 bits per heavy atom. The van der Waals surface area contributed by atoms with Gasteiger partial charge in [0.2, 0.25) is 0 Å². The van der Waals surface area contributed by atoms with E-state index < -0.39 is 0 Å². The van der Waals surface area contributed by atoms with Crippen LogP contribution in [0.15, 0.2) is 12.3 Å². The van der Waals surface area contributed by atoms with Gasteiger partial charge in [0, 0.05) is 25.9 Å². The van der Waals surface area contributed by atoms with Crippen molar-refractivity contribution in [2.75, 3.05) is 18.4 Å². The largest absolute Gasteiger partial charge is 0.368 e. The van der Waals surface area contributed by atoms with Gasteiger partial charge in [0.15, 0.2) is 0 Å². The number of aryl methyl sites for hydroxylation is 1. The van der Waals surface area contributed by atoms with E-state index in [1.807, 2.05) is 19.3 Å². The summed E-state index contributed by atoms with van der Waals surface area (Å²) in [5.74, 6) is 0.951. The Morgan fingerprint density at radius 2 is 2.43 bits per heavy atom. The summed E-state index contributed by atoms with van der Waals surface area (Å²) in [4.78, 5) is 0. The van der Waals surface area contributed by atoms with E-state index in [0.29, 0.717) is 5.41 Å². The van der Waals surface area contributed by atoms with Gasteiger partial charge in [-0.25, -0.2) is 0 Å². The number of nitrogens with two attached hydrogens (primary N) is 1. The highest BCUT2D eigenvalue weighted by atomic mass is 15.3. The molecule has 4 heteroatoms. The number of aromatic nitrogens is 2. The van der Waals surface area contributed by atoms with E-state index in [9.17, 15) is 0 Å². The molecule has 1 heterocycles. The first-order valence-corrected chi connectivity index (χ1v) is 5.18. The SMILES string of the molecule is Cn1ccc(NCC2(CN)CCC2)n1. The maximum Gasteiger partial charge on any atom is 0.147 e. The summed E-state index contributed by atoms with van der Waals surface area (Å²) in [5.41, 5.74) is 6.12. The first-order chi connectivity index (χ1) is 6.74. The fourth-order valence-electron chi connectivity index (χ4n) is 1.92. The highest BCUT2D eigenvalue weighted by Crippen LogP contribution is 2.39. The van der Waals surface area contributed by atoms with Crippen molar-refractivity contribution >= 4 is 5.82 Å². The Hall–Kier alpha value is -1.03. The van der Waals surface area contributed by atoms with Crippen LogP contribution >= 0.6 is 0 Å². The zero-order valence-corrected chi connectivity index (χ0v) is 8.66. The summed E-state index contributed by atoms with van der Waals surface area (Å²) in [6.07, 6.45) is 5.77. The topological polar surface area (TPSA) is 55.9 Å². The minimum atomic E-state index is 0.345. The van der Waals surface area contributed by atoms with Crippen LogP contribution in [0.1, 0.15) is 19.3 Å². The maximum atomic E-state index is 5.77. The normalized spacial score (nSPS) is 19.0. The molecular weight excluding hydrogens is 176 g/mol. The molecule has 0 spiro atoms. The molecular formula is C10H18N4. The second-order valence-corrected chi connectivity index (χ2v) is 4.29. The molecule has 2 rings (SSSR count). The van der Waals surface area contributed by atoms with Crippen LogP contribution in [0.2, 0.25) is 0 Å². The monoisotopic (exact) mass is 194 g/mol. The molecule has 1 aromatic rings. The Labute approximate surface area is 84.5 Å². The second-order valence-electron chi connectivity index (χ2n) is 4.29. The van der Waals surface area contributed by atoms with E-state index in [0.717, 1.165) is 18.9 Å². The zero-order valence-electron chi connectivity index (χ0n) is 8.66. The van der Waals surface area contributed by atoms with Crippen LogP contribution in [-0.4, -0.2) is 22.9 Å². The third kappa shape index (κ3) is 1.75. The molecule has 4 nitrogen and oxygen atoms in total. The van der Waals surface area contributed by atoms with Crippen LogP contribution in [-0.2, 0) is 7.05 Å². The lowest BCUT2D eigenvalue weighted by Gasteiger charge is -2.41. The predicted molar refractivity (Wildman–Crippen MR) is 57.0 cm³/mol. The first kappa shape index (κ1) is 9.52. The highest BCUT2D eigenvalue weighted by Gasteiger charge is 2.35. The van der Waals surface area contributed by atoms with Crippen molar-refractivity contribution < 1.29 is 0 Å². The molecule has 1 aliphatic rings. The number of anilines is 1. The fraction of sp³-hybridized carbons (Fsp3) is 0.700. The minimum Gasteiger partial charge on any atom is -0.368 e. The van der Waals surface area contributed by atoms with Crippen molar-refractivity contribution in [1.82, 2.24) is 9.78 Å². The molecule has 0 aromatic carbocycles. The summed E-state index contributed by atoms with van der Waals surface area (Å²) in [5, 5.41) is 7.62. The third-order valence-electron chi connectivity index (χ3n) is 3.21. The molecule has 1 saturated carbocycles. The highest BCUT2D eigenvalue weighted by molar-refractivity contribution is 5.32. The third-order valence-corrected chi connectivity index (χ3v) is 3.21. The molecule has 0 atom stereocenters. The zero-order chi connectivity index (χ0) is 10.0. The summed E-state index contributed by atoms with van der Waals surface area (Å²) >= 11 is 0. The van der Waals surface area contributed by atoms with E-state index >= 15 is 0 Å². The number of hydrogen-bond acceptors (Lipinski definition) is 3. The quantitative estimate of drug-likeness (QED) is 0.750. The standard InChI is InChI=1S/C10H18N4/c1-14-6-3-9(13-14)12-8-10(7-11)4-2-5-10/h3,6H,2,4-5,7-8,11H2,1H3,(H,12,13). The molecule has 3 N–H and O–H groups in total. The van der Waals surface area contributed by atoms with Crippen molar-refractivity contribution in [3.63, 3.8) is 0 Å². The van der Waals surface area contributed by atoms with Gasteiger partial charge < -0.3 is 11.1 Å². The Bertz CT molecular complexity index is 295. The first-order valence-electron chi connectivity index (χ1n) is 5.18. The van der Waals surface area contributed by atoms with Crippen molar-refractivity contribution in [1.29, 1.82) is 0 Å². The average Bonchev–Trinajstić information content (AvgIpc) is 2.50. The number of hydrogen-bond donors (Lipinski definition) is 2. The molecule has 1 fully saturated rings. The molecule has 78 valence electrons.